The monoisotopic (exact) mass is 493 g/mol. The fourth-order valence-corrected chi connectivity index (χ4v) is 2.90. The Balaban J connectivity index is 0.00000280. The summed E-state index contributed by atoms with van der Waals surface area (Å²) in [6.07, 6.45) is 7.82. The summed E-state index contributed by atoms with van der Waals surface area (Å²) in [5.74, 6) is 0.436. The SMILES string of the molecule is Cl.Cl.Cl.O=c1cc(Cc2cnc(NCCCCc3ncccc3Cl)[nH]c2=O)cc[nH]1. The highest BCUT2D eigenvalue weighted by Gasteiger charge is 2.05. The van der Waals surface area contributed by atoms with Crippen LogP contribution in [0.5, 0.6) is 0 Å². The summed E-state index contributed by atoms with van der Waals surface area (Å²) in [6.45, 7) is 0.681. The molecule has 0 atom stereocenters. The number of aryl methyl sites for hydroxylation is 1. The minimum atomic E-state index is -0.215. The quantitative estimate of drug-likeness (QED) is 0.413. The van der Waals surface area contributed by atoms with Gasteiger partial charge in [-0.1, -0.05) is 11.6 Å². The van der Waals surface area contributed by atoms with E-state index in [9.17, 15) is 9.59 Å². The lowest BCUT2D eigenvalue weighted by atomic mass is 10.1. The normalized spacial score (nSPS) is 9.63. The number of anilines is 1. The molecular formula is C19H23Cl4N5O2. The van der Waals surface area contributed by atoms with E-state index in [1.807, 2.05) is 12.1 Å². The van der Waals surface area contributed by atoms with E-state index >= 15 is 0 Å². The van der Waals surface area contributed by atoms with Crippen molar-refractivity contribution in [1.82, 2.24) is 19.9 Å². The summed E-state index contributed by atoms with van der Waals surface area (Å²) in [4.78, 5) is 37.3. The Morgan fingerprint density at radius 1 is 1.07 bits per heavy atom. The Morgan fingerprint density at radius 2 is 1.87 bits per heavy atom. The highest BCUT2D eigenvalue weighted by molar-refractivity contribution is 6.31. The Morgan fingerprint density at radius 3 is 2.57 bits per heavy atom. The molecule has 164 valence electrons. The number of rotatable bonds is 8. The van der Waals surface area contributed by atoms with E-state index in [0.29, 0.717) is 29.5 Å². The minimum absolute atomic E-state index is 0. The Kier molecular flexibility index (Phi) is 13.1. The summed E-state index contributed by atoms with van der Waals surface area (Å²) in [5, 5.41) is 3.80. The van der Waals surface area contributed by atoms with E-state index in [1.165, 1.54) is 12.3 Å². The first kappa shape index (κ1) is 27.9. The molecule has 0 aliphatic rings. The second-order valence-corrected chi connectivity index (χ2v) is 6.55. The molecule has 3 aromatic rings. The molecule has 0 saturated carbocycles. The van der Waals surface area contributed by atoms with Crippen molar-refractivity contribution in [3.8, 4) is 0 Å². The third-order valence-corrected chi connectivity index (χ3v) is 4.42. The van der Waals surface area contributed by atoms with Crippen LogP contribution >= 0.6 is 48.8 Å². The van der Waals surface area contributed by atoms with Crippen molar-refractivity contribution in [2.24, 2.45) is 0 Å². The first-order valence-corrected chi connectivity index (χ1v) is 9.09. The molecule has 11 heteroatoms. The Bertz CT molecular complexity index is 1030. The number of halogens is 4. The van der Waals surface area contributed by atoms with Crippen LogP contribution in [0.2, 0.25) is 5.02 Å². The number of pyridine rings is 2. The van der Waals surface area contributed by atoms with E-state index in [1.54, 1.807) is 18.5 Å². The Hall–Kier alpha value is -2.06. The van der Waals surface area contributed by atoms with Crippen LogP contribution in [0.15, 0.2) is 52.4 Å². The second kappa shape index (κ2) is 14.0. The summed E-state index contributed by atoms with van der Waals surface area (Å²) in [6, 6.07) is 6.89. The molecule has 0 bridgehead atoms. The second-order valence-electron chi connectivity index (χ2n) is 6.14. The van der Waals surface area contributed by atoms with Gasteiger partial charge in [-0.2, -0.15) is 0 Å². The maximum Gasteiger partial charge on any atom is 0.255 e. The third kappa shape index (κ3) is 8.36. The van der Waals surface area contributed by atoms with Crippen molar-refractivity contribution in [3.05, 3.63) is 85.4 Å². The number of H-pyrrole nitrogens is 2. The topological polar surface area (TPSA) is 104 Å². The number of aromatic nitrogens is 4. The molecule has 0 aliphatic carbocycles. The molecule has 0 unspecified atom stereocenters. The highest BCUT2D eigenvalue weighted by Crippen LogP contribution is 2.14. The lowest BCUT2D eigenvalue weighted by Gasteiger charge is -2.07. The average molecular weight is 495 g/mol. The molecule has 0 spiro atoms. The maximum atomic E-state index is 12.2. The lowest BCUT2D eigenvalue weighted by molar-refractivity contribution is 0.745. The molecular weight excluding hydrogens is 472 g/mol. The summed E-state index contributed by atoms with van der Waals surface area (Å²) >= 11 is 6.08. The molecule has 3 rings (SSSR count). The van der Waals surface area contributed by atoms with Gasteiger partial charge in [-0.15, -0.1) is 37.2 Å². The number of aromatic amines is 2. The van der Waals surface area contributed by atoms with Crippen molar-refractivity contribution in [3.63, 3.8) is 0 Å². The van der Waals surface area contributed by atoms with E-state index in [-0.39, 0.29) is 48.3 Å². The fourth-order valence-electron chi connectivity index (χ4n) is 2.68. The Labute approximate surface area is 197 Å². The maximum absolute atomic E-state index is 12.2. The van der Waals surface area contributed by atoms with Crippen LogP contribution in [0.4, 0.5) is 5.95 Å². The number of hydrogen-bond acceptors (Lipinski definition) is 5. The molecule has 0 fully saturated rings. The van der Waals surface area contributed by atoms with Gasteiger partial charge >= 0.3 is 0 Å². The molecule has 3 heterocycles. The van der Waals surface area contributed by atoms with Gasteiger partial charge < -0.3 is 10.3 Å². The molecule has 0 saturated heterocycles. The van der Waals surface area contributed by atoms with Crippen LogP contribution in [0, 0.1) is 0 Å². The van der Waals surface area contributed by atoms with E-state index in [0.717, 1.165) is 30.5 Å². The smallest absolute Gasteiger partial charge is 0.255 e. The van der Waals surface area contributed by atoms with Crippen LogP contribution < -0.4 is 16.4 Å². The van der Waals surface area contributed by atoms with Crippen molar-refractivity contribution in [2.45, 2.75) is 25.7 Å². The predicted molar refractivity (Wildman–Crippen MR) is 127 cm³/mol. The summed E-state index contributed by atoms with van der Waals surface area (Å²) < 4.78 is 0. The largest absolute Gasteiger partial charge is 0.356 e. The molecule has 0 radical (unpaired) electrons. The molecule has 30 heavy (non-hydrogen) atoms. The van der Waals surface area contributed by atoms with Gasteiger partial charge in [0.25, 0.3) is 5.56 Å². The van der Waals surface area contributed by atoms with Gasteiger partial charge in [0.1, 0.15) is 0 Å². The van der Waals surface area contributed by atoms with Gasteiger partial charge in [-0.25, -0.2) is 4.98 Å². The summed E-state index contributed by atoms with van der Waals surface area (Å²) in [7, 11) is 0. The lowest BCUT2D eigenvalue weighted by Crippen LogP contribution is -2.18. The predicted octanol–water partition coefficient (Wildman–Crippen LogP) is 3.80. The van der Waals surface area contributed by atoms with Crippen LogP contribution in [0.3, 0.4) is 0 Å². The zero-order valence-electron chi connectivity index (χ0n) is 15.9. The minimum Gasteiger partial charge on any atom is -0.356 e. The zero-order chi connectivity index (χ0) is 19.1. The van der Waals surface area contributed by atoms with E-state index < -0.39 is 0 Å². The highest BCUT2D eigenvalue weighted by atomic mass is 35.5. The van der Waals surface area contributed by atoms with Crippen LogP contribution in [0.25, 0.3) is 0 Å². The summed E-state index contributed by atoms with van der Waals surface area (Å²) in [5.41, 5.74) is 1.76. The van der Waals surface area contributed by atoms with E-state index in [4.69, 9.17) is 11.6 Å². The number of unbranched alkanes of at least 4 members (excludes halogenated alkanes) is 1. The van der Waals surface area contributed by atoms with Gasteiger partial charge in [0.05, 0.1) is 10.7 Å². The van der Waals surface area contributed by atoms with Crippen LogP contribution in [-0.4, -0.2) is 26.5 Å². The molecule has 0 aliphatic heterocycles. The standard InChI is InChI=1S/C19H20ClN5O2.3ClH/c20-15-4-3-8-21-16(15)5-1-2-7-23-19-24-12-14(18(27)25-19)10-13-6-9-22-17(26)11-13;;;/h3-4,6,8-9,11-12H,1-2,5,7,10H2,(H,22,26)(H2,23,24,25,27);3*1H. The molecule has 3 N–H and O–H groups in total. The number of nitrogens with zero attached hydrogens (tertiary/aromatic N) is 2. The van der Waals surface area contributed by atoms with Crippen molar-refractivity contribution in [2.75, 3.05) is 11.9 Å². The first-order chi connectivity index (χ1) is 13.1. The van der Waals surface area contributed by atoms with Crippen LogP contribution in [0.1, 0.15) is 29.7 Å². The van der Waals surface area contributed by atoms with E-state index in [2.05, 4.69) is 25.3 Å². The van der Waals surface area contributed by atoms with Crippen molar-refractivity contribution >= 4 is 54.8 Å². The molecule has 0 aromatic carbocycles. The van der Waals surface area contributed by atoms with Gasteiger partial charge in [-0.3, -0.25) is 19.6 Å². The molecule has 0 amide bonds. The molecule has 3 aromatic heterocycles. The van der Waals surface area contributed by atoms with Gasteiger partial charge in [0.15, 0.2) is 0 Å². The van der Waals surface area contributed by atoms with Crippen LogP contribution in [-0.2, 0) is 12.8 Å². The number of nitrogens with one attached hydrogen (secondary N) is 3. The fraction of sp³-hybridized carbons (Fsp3) is 0.263. The zero-order valence-corrected chi connectivity index (χ0v) is 19.1. The van der Waals surface area contributed by atoms with Gasteiger partial charge in [0.2, 0.25) is 11.5 Å². The third-order valence-electron chi connectivity index (χ3n) is 4.07. The average Bonchev–Trinajstić information content (AvgIpc) is 2.65. The van der Waals surface area contributed by atoms with Gasteiger partial charge in [0, 0.05) is 43.2 Å². The van der Waals surface area contributed by atoms with Gasteiger partial charge in [-0.05, 0) is 43.0 Å². The number of hydrogen-bond donors (Lipinski definition) is 3. The molecule has 7 nitrogen and oxygen atoms in total. The first-order valence-electron chi connectivity index (χ1n) is 8.71. The van der Waals surface area contributed by atoms with Crippen molar-refractivity contribution < 1.29 is 0 Å². The van der Waals surface area contributed by atoms with Crippen molar-refractivity contribution in [1.29, 1.82) is 0 Å².